The fourth-order valence-corrected chi connectivity index (χ4v) is 2.84. The monoisotopic (exact) mass is 267 g/mol. The van der Waals surface area contributed by atoms with Gasteiger partial charge in [0.2, 0.25) is 0 Å². The minimum Gasteiger partial charge on any atom is -0.297 e. The molecule has 0 atom stereocenters. The molecule has 2 N–H and O–H groups in total. The van der Waals surface area contributed by atoms with Crippen LogP contribution >= 0.6 is 0 Å². The number of benzene rings is 1. The number of rotatable bonds is 4. The summed E-state index contributed by atoms with van der Waals surface area (Å²) < 4.78 is 25.7. The van der Waals surface area contributed by atoms with Crippen LogP contribution in [0.5, 0.6) is 0 Å². The zero-order valence-corrected chi connectivity index (χ0v) is 10.6. The summed E-state index contributed by atoms with van der Waals surface area (Å²) >= 11 is 0. The minimum absolute atomic E-state index is 0.0713. The van der Waals surface area contributed by atoms with Crippen molar-refractivity contribution in [2.75, 3.05) is 0 Å². The maximum atomic E-state index is 12.3. The molecule has 1 aromatic carbocycles. The van der Waals surface area contributed by atoms with E-state index >= 15 is 0 Å². The Bertz CT molecular complexity index is 632. The van der Waals surface area contributed by atoms with Gasteiger partial charge in [-0.2, -0.15) is 0 Å². The first-order chi connectivity index (χ1) is 8.55. The van der Waals surface area contributed by atoms with Crippen molar-refractivity contribution in [1.82, 2.24) is 8.96 Å². The Hall–Kier alpha value is -1.70. The van der Waals surface area contributed by atoms with Gasteiger partial charge in [-0.1, -0.05) is 17.7 Å². The Morgan fingerprint density at radius 1 is 1.33 bits per heavy atom. The van der Waals surface area contributed by atoms with Gasteiger partial charge in [0, 0.05) is 12.4 Å². The van der Waals surface area contributed by atoms with Gasteiger partial charge in [-0.05, 0) is 19.1 Å². The molecule has 7 heteroatoms. The lowest BCUT2D eigenvalue weighted by Crippen LogP contribution is -2.16. The second-order valence-corrected chi connectivity index (χ2v) is 5.58. The van der Waals surface area contributed by atoms with Crippen LogP contribution in [0.2, 0.25) is 0 Å². The van der Waals surface area contributed by atoms with E-state index in [-0.39, 0.29) is 17.3 Å². The van der Waals surface area contributed by atoms with Crippen molar-refractivity contribution in [3.8, 4) is 0 Å². The Kier molecular flexibility index (Phi) is 3.46. The SMILES string of the molecule is Cc1ccc(S(=O)(=O)n2ccnc2CON)cc1. The van der Waals surface area contributed by atoms with Crippen LogP contribution in [-0.2, 0) is 21.5 Å². The summed E-state index contributed by atoms with van der Waals surface area (Å²) in [5.41, 5.74) is 0.991. The Balaban J connectivity index is 2.48. The Morgan fingerprint density at radius 3 is 2.61 bits per heavy atom. The van der Waals surface area contributed by atoms with Gasteiger partial charge in [-0.25, -0.2) is 23.3 Å². The number of nitrogens with two attached hydrogens (primary N) is 1. The third kappa shape index (κ3) is 2.28. The summed E-state index contributed by atoms with van der Waals surface area (Å²) in [6.07, 6.45) is 2.75. The molecule has 0 unspecified atom stereocenters. The van der Waals surface area contributed by atoms with Crippen LogP contribution < -0.4 is 5.90 Å². The summed E-state index contributed by atoms with van der Waals surface area (Å²) in [4.78, 5) is 8.52. The summed E-state index contributed by atoms with van der Waals surface area (Å²) in [5.74, 6) is 5.18. The minimum atomic E-state index is -3.65. The first-order valence-corrected chi connectivity index (χ1v) is 6.66. The van der Waals surface area contributed by atoms with Gasteiger partial charge in [0.25, 0.3) is 10.0 Å². The highest BCUT2D eigenvalue weighted by molar-refractivity contribution is 7.90. The largest absolute Gasteiger partial charge is 0.297 e. The number of aromatic nitrogens is 2. The van der Waals surface area contributed by atoms with E-state index < -0.39 is 10.0 Å². The van der Waals surface area contributed by atoms with E-state index in [4.69, 9.17) is 5.90 Å². The van der Waals surface area contributed by atoms with Crippen LogP contribution in [0.25, 0.3) is 0 Å². The molecular formula is C11H13N3O3S. The van der Waals surface area contributed by atoms with Crippen LogP contribution in [0.4, 0.5) is 0 Å². The third-order valence-electron chi connectivity index (χ3n) is 2.47. The van der Waals surface area contributed by atoms with Gasteiger partial charge < -0.3 is 0 Å². The molecule has 1 aromatic heterocycles. The molecule has 2 aromatic rings. The van der Waals surface area contributed by atoms with Gasteiger partial charge in [-0.3, -0.25) is 4.84 Å². The molecule has 0 saturated carbocycles. The molecular weight excluding hydrogens is 254 g/mol. The van der Waals surface area contributed by atoms with Crippen molar-refractivity contribution in [2.24, 2.45) is 5.90 Å². The van der Waals surface area contributed by atoms with Crippen molar-refractivity contribution in [1.29, 1.82) is 0 Å². The topological polar surface area (TPSA) is 87.2 Å². The quantitative estimate of drug-likeness (QED) is 0.829. The van der Waals surface area contributed by atoms with E-state index in [0.29, 0.717) is 0 Å². The predicted octanol–water partition coefficient (Wildman–Crippen LogP) is 0.819. The van der Waals surface area contributed by atoms with E-state index in [2.05, 4.69) is 9.82 Å². The molecule has 0 radical (unpaired) electrons. The normalized spacial score (nSPS) is 11.7. The average Bonchev–Trinajstić information content (AvgIpc) is 2.79. The maximum Gasteiger partial charge on any atom is 0.269 e. The summed E-state index contributed by atoms with van der Waals surface area (Å²) in [7, 11) is -3.65. The highest BCUT2D eigenvalue weighted by Gasteiger charge is 2.19. The molecule has 0 aliphatic heterocycles. The lowest BCUT2D eigenvalue weighted by atomic mass is 10.2. The van der Waals surface area contributed by atoms with Crippen LogP contribution in [0.3, 0.4) is 0 Å². The molecule has 1 heterocycles. The standard InChI is InChI=1S/C11H13N3O3S/c1-9-2-4-10(5-3-9)18(15,16)14-7-6-13-11(14)8-17-12/h2-7H,8,12H2,1H3. The van der Waals surface area contributed by atoms with Gasteiger partial charge in [0.1, 0.15) is 6.61 Å². The summed E-state index contributed by atoms with van der Waals surface area (Å²) in [6, 6.07) is 6.58. The van der Waals surface area contributed by atoms with E-state index in [9.17, 15) is 8.42 Å². The second-order valence-electron chi connectivity index (χ2n) is 3.77. The summed E-state index contributed by atoms with van der Waals surface area (Å²) in [6.45, 7) is 1.82. The molecule has 0 aliphatic carbocycles. The molecule has 0 spiro atoms. The van der Waals surface area contributed by atoms with Gasteiger partial charge >= 0.3 is 0 Å². The average molecular weight is 267 g/mol. The number of imidazole rings is 1. The molecule has 0 bridgehead atoms. The van der Waals surface area contributed by atoms with Crippen molar-refractivity contribution < 1.29 is 13.3 Å². The molecule has 0 aliphatic rings. The van der Waals surface area contributed by atoms with Gasteiger partial charge in [-0.15, -0.1) is 0 Å². The molecule has 0 saturated heterocycles. The molecule has 96 valence electrons. The van der Waals surface area contributed by atoms with E-state index in [1.54, 1.807) is 24.3 Å². The predicted molar refractivity (Wildman–Crippen MR) is 65.0 cm³/mol. The lowest BCUT2D eigenvalue weighted by Gasteiger charge is -2.08. The van der Waals surface area contributed by atoms with Crippen molar-refractivity contribution >= 4 is 10.0 Å². The summed E-state index contributed by atoms with van der Waals surface area (Å²) in [5, 5.41) is 0. The number of hydrogen-bond acceptors (Lipinski definition) is 5. The smallest absolute Gasteiger partial charge is 0.269 e. The third-order valence-corrected chi connectivity index (χ3v) is 4.19. The van der Waals surface area contributed by atoms with E-state index in [0.717, 1.165) is 9.54 Å². The first-order valence-electron chi connectivity index (χ1n) is 5.22. The highest BCUT2D eigenvalue weighted by atomic mass is 32.2. The van der Waals surface area contributed by atoms with Crippen LogP contribution in [-0.4, -0.2) is 17.4 Å². The zero-order chi connectivity index (χ0) is 13.2. The van der Waals surface area contributed by atoms with Gasteiger partial charge in [0.05, 0.1) is 4.90 Å². The number of aryl methyl sites for hydroxylation is 1. The first kappa shape index (κ1) is 12.7. The second kappa shape index (κ2) is 4.89. The number of nitrogens with zero attached hydrogens (tertiary/aromatic N) is 2. The fraction of sp³-hybridized carbons (Fsp3) is 0.182. The highest BCUT2D eigenvalue weighted by Crippen LogP contribution is 2.16. The number of hydrogen-bond donors (Lipinski definition) is 1. The van der Waals surface area contributed by atoms with Crippen molar-refractivity contribution in [3.05, 3.63) is 48.0 Å². The molecule has 2 rings (SSSR count). The maximum absolute atomic E-state index is 12.3. The fourth-order valence-electron chi connectivity index (χ4n) is 1.54. The molecule has 6 nitrogen and oxygen atoms in total. The zero-order valence-electron chi connectivity index (χ0n) is 9.78. The van der Waals surface area contributed by atoms with Crippen LogP contribution in [0.1, 0.15) is 11.4 Å². The van der Waals surface area contributed by atoms with Gasteiger partial charge in [0.15, 0.2) is 5.82 Å². The van der Waals surface area contributed by atoms with E-state index in [1.165, 1.54) is 12.4 Å². The van der Waals surface area contributed by atoms with Crippen LogP contribution in [0.15, 0.2) is 41.6 Å². The van der Waals surface area contributed by atoms with Crippen LogP contribution in [0, 0.1) is 6.92 Å². The van der Waals surface area contributed by atoms with Crippen molar-refractivity contribution in [3.63, 3.8) is 0 Å². The molecule has 0 amide bonds. The Labute approximate surface area is 105 Å². The lowest BCUT2D eigenvalue weighted by molar-refractivity contribution is 0.118. The Morgan fingerprint density at radius 2 is 2.00 bits per heavy atom. The molecule has 18 heavy (non-hydrogen) atoms. The van der Waals surface area contributed by atoms with E-state index in [1.807, 2.05) is 6.92 Å². The van der Waals surface area contributed by atoms with Crippen molar-refractivity contribution in [2.45, 2.75) is 18.4 Å². The molecule has 0 fully saturated rings.